The van der Waals surface area contributed by atoms with E-state index < -0.39 is 10.0 Å². The Bertz CT molecular complexity index is 689. The Hall–Kier alpha value is -1.66. The molecule has 0 saturated heterocycles. The van der Waals surface area contributed by atoms with Gasteiger partial charge in [0.15, 0.2) is 0 Å². The molecule has 6 heteroatoms. The molecule has 0 bridgehead atoms. The van der Waals surface area contributed by atoms with Crippen LogP contribution in [0.5, 0.6) is 0 Å². The first-order valence-electron chi connectivity index (χ1n) is 8.42. The lowest BCUT2D eigenvalue weighted by molar-refractivity contribution is -0.117. The van der Waals surface area contributed by atoms with Crippen molar-refractivity contribution < 1.29 is 13.2 Å². The standard InChI is InChI=1S/C18H26N2O3S/c1-4-17(13(2)3)19-18(21)12-7-14-5-10-16(11-6-14)24(22,23)20-15-8-9-15/h5-7,10-13,15,17,20H,4,8-9H2,1-3H3,(H,19,21)/b12-7+. The van der Waals surface area contributed by atoms with Gasteiger partial charge in [-0.15, -0.1) is 0 Å². The molecule has 1 saturated carbocycles. The third-order valence-electron chi connectivity index (χ3n) is 4.09. The van der Waals surface area contributed by atoms with Crippen LogP contribution in [0.2, 0.25) is 0 Å². The molecule has 0 radical (unpaired) electrons. The van der Waals surface area contributed by atoms with Crippen molar-refractivity contribution in [1.29, 1.82) is 0 Å². The molecular formula is C18H26N2O3S. The Morgan fingerprint density at radius 1 is 1.25 bits per heavy atom. The zero-order valence-corrected chi connectivity index (χ0v) is 15.3. The van der Waals surface area contributed by atoms with E-state index in [2.05, 4.69) is 23.9 Å². The van der Waals surface area contributed by atoms with E-state index in [9.17, 15) is 13.2 Å². The summed E-state index contributed by atoms with van der Waals surface area (Å²) >= 11 is 0. The highest BCUT2D eigenvalue weighted by molar-refractivity contribution is 7.89. The smallest absolute Gasteiger partial charge is 0.244 e. The van der Waals surface area contributed by atoms with Gasteiger partial charge in [0.1, 0.15) is 0 Å². The third-order valence-corrected chi connectivity index (χ3v) is 5.63. The van der Waals surface area contributed by atoms with Gasteiger partial charge in [0, 0.05) is 18.2 Å². The number of amides is 1. The zero-order chi connectivity index (χ0) is 17.7. The summed E-state index contributed by atoms with van der Waals surface area (Å²) < 4.78 is 26.8. The Morgan fingerprint density at radius 2 is 1.88 bits per heavy atom. The Labute approximate surface area is 144 Å². The van der Waals surface area contributed by atoms with Crippen molar-refractivity contribution in [2.24, 2.45) is 5.92 Å². The van der Waals surface area contributed by atoms with Crippen molar-refractivity contribution in [1.82, 2.24) is 10.0 Å². The molecule has 1 aromatic rings. The molecule has 5 nitrogen and oxygen atoms in total. The van der Waals surface area contributed by atoms with Crippen molar-refractivity contribution in [3.8, 4) is 0 Å². The molecule has 1 fully saturated rings. The van der Waals surface area contributed by atoms with Crippen LogP contribution in [0, 0.1) is 5.92 Å². The molecule has 0 heterocycles. The number of carbonyl (C=O) groups excluding carboxylic acids is 1. The Morgan fingerprint density at radius 3 is 2.38 bits per heavy atom. The van der Waals surface area contributed by atoms with Gasteiger partial charge in [0.2, 0.25) is 15.9 Å². The highest BCUT2D eigenvalue weighted by Gasteiger charge is 2.27. The number of benzene rings is 1. The second kappa shape index (κ2) is 7.94. The fraction of sp³-hybridized carbons (Fsp3) is 0.500. The number of carbonyl (C=O) groups is 1. The normalized spacial score (nSPS) is 16.5. The van der Waals surface area contributed by atoms with Crippen molar-refractivity contribution >= 4 is 22.0 Å². The van der Waals surface area contributed by atoms with Crippen molar-refractivity contribution in [2.45, 2.75) is 57.0 Å². The van der Waals surface area contributed by atoms with E-state index in [1.165, 1.54) is 6.08 Å². The second-order valence-electron chi connectivity index (χ2n) is 6.57. The first-order chi connectivity index (χ1) is 11.3. The van der Waals surface area contributed by atoms with Gasteiger partial charge in [-0.3, -0.25) is 4.79 Å². The summed E-state index contributed by atoms with van der Waals surface area (Å²) in [7, 11) is -3.43. The summed E-state index contributed by atoms with van der Waals surface area (Å²) in [6, 6.07) is 6.76. The molecule has 2 N–H and O–H groups in total. The fourth-order valence-electron chi connectivity index (χ4n) is 2.39. The van der Waals surface area contributed by atoms with Crippen LogP contribution in [-0.4, -0.2) is 26.4 Å². The molecule has 1 aliphatic carbocycles. The van der Waals surface area contributed by atoms with Gasteiger partial charge in [-0.25, -0.2) is 13.1 Å². The molecule has 1 amide bonds. The van der Waals surface area contributed by atoms with E-state index in [1.54, 1.807) is 30.3 Å². The first kappa shape index (κ1) is 18.7. The largest absolute Gasteiger partial charge is 0.350 e. The van der Waals surface area contributed by atoms with Crippen molar-refractivity contribution in [3.63, 3.8) is 0 Å². The number of sulfonamides is 1. The minimum Gasteiger partial charge on any atom is -0.350 e. The van der Waals surface area contributed by atoms with Gasteiger partial charge < -0.3 is 5.32 Å². The van der Waals surface area contributed by atoms with E-state index in [4.69, 9.17) is 0 Å². The quantitative estimate of drug-likeness (QED) is 0.708. The lowest BCUT2D eigenvalue weighted by Crippen LogP contribution is -2.36. The molecule has 0 spiro atoms. The molecule has 2 rings (SSSR count). The zero-order valence-electron chi connectivity index (χ0n) is 14.5. The van der Waals surface area contributed by atoms with Crippen LogP contribution in [0.4, 0.5) is 0 Å². The lowest BCUT2D eigenvalue weighted by Gasteiger charge is -2.19. The second-order valence-corrected chi connectivity index (χ2v) is 8.28. The van der Waals surface area contributed by atoms with E-state index in [1.807, 2.05) is 6.92 Å². The molecule has 1 atom stereocenters. The van der Waals surface area contributed by atoms with E-state index in [0.717, 1.165) is 24.8 Å². The van der Waals surface area contributed by atoms with Crippen LogP contribution in [0.25, 0.3) is 6.08 Å². The predicted molar refractivity (Wildman–Crippen MR) is 95.9 cm³/mol. The molecule has 0 aliphatic heterocycles. The molecule has 24 heavy (non-hydrogen) atoms. The van der Waals surface area contributed by atoms with Gasteiger partial charge in [-0.1, -0.05) is 32.9 Å². The van der Waals surface area contributed by atoms with Crippen molar-refractivity contribution in [2.75, 3.05) is 0 Å². The maximum Gasteiger partial charge on any atom is 0.244 e. The van der Waals surface area contributed by atoms with Crippen LogP contribution >= 0.6 is 0 Å². The summed E-state index contributed by atoms with van der Waals surface area (Å²) in [5, 5.41) is 2.97. The number of hydrogen-bond donors (Lipinski definition) is 2. The Balaban J connectivity index is 1.96. The highest BCUT2D eigenvalue weighted by atomic mass is 32.2. The molecule has 0 aromatic heterocycles. The molecular weight excluding hydrogens is 324 g/mol. The summed E-state index contributed by atoms with van der Waals surface area (Å²) in [5.41, 5.74) is 0.785. The summed E-state index contributed by atoms with van der Waals surface area (Å²) in [6.45, 7) is 6.20. The average molecular weight is 350 g/mol. The van der Waals surface area contributed by atoms with Gasteiger partial charge in [-0.05, 0) is 49.0 Å². The number of rotatable bonds is 8. The molecule has 1 aliphatic rings. The molecule has 1 aromatic carbocycles. The monoisotopic (exact) mass is 350 g/mol. The molecule has 132 valence electrons. The summed E-state index contributed by atoms with van der Waals surface area (Å²) in [4.78, 5) is 12.2. The van der Waals surface area contributed by atoms with Crippen LogP contribution < -0.4 is 10.0 Å². The minimum atomic E-state index is -3.43. The maximum atomic E-state index is 12.1. The van der Waals surface area contributed by atoms with Gasteiger partial charge in [0.05, 0.1) is 4.90 Å². The van der Waals surface area contributed by atoms with Crippen LogP contribution in [0.3, 0.4) is 0 Å². The topological polar surface area (TPSA) is 75.3 Å². The summed E-state index contributed by atoms with van der Waals surface area (Å²) in [6.07, 6.45) is 5.87. The first-order valence-corrected chi connectivity index (χ1v) is 9.91. The number of hydrogen-bond acceptors (Lipinski definition) is 3. The lowest BCUT2D eigenvalue weighted by atomic mass is 10.0. The van der Waals surface area contributed by atoms with Crippen LogP contribution in [-0.2, 0) is 14.8 Å². The SMILES string of the molecule is CCC(NC(=O)/C=C/c1ccc(S(=O)(=O)NC2CC2)cc1)C(C)C. The maximum absolute atomic E-state index is 12.1. The Kier molecular flexibility index (Phi) is 6.18. The average Bonchev–Trinajstić information content (AvgIpc) is 3.34. The summed E-state index contributed by atoms with van der Waals surface area (Å²) in [5.74, 6) is 0.249. The van der Waals surface area contributed by atoms with Crippen molar-refractivity contribution in [3.05, 3.63) is 35.9 Å². The van der Waals surface area contributed by atoms with E-state index in [0.29, 0.717) is 5.92 Å². The highest BCUT2D eigenvalue weighted by Crippen LogP contribution is 2.22. The predicted octanol–water partition coefficient (Wildman–Crippen LogP) is 2.69. The van der Waals surface area contributed by atoms with Gasteiger partial charge >= 0.3 is 0 Å². The minimum absolute atomic E-state index is 0.0886. The van der Waals surface area contributed by atoms with Crippen LogP contribution in [0.15, 0.2) is 35.2 Å². The number of nitrogens with one attached hydrogen (secondary N) is 2. The van der Waals surface area contributed by atoms with E-state index >= 15 is 0 Å². The fourth-order valence-corrected chi connectivity index (χ4v) is 3.69. The molecule has 1 unspecified atom stereocenters. The van der Waals surface area contributed by atoms with Gasteiger partial charge in [0.25, 0.3) is 0 Å². The third kappa shape index (κ3) is 5.46. The van der Waals surface area contributed by atoms with E-state index in [-0.39, 0.29) is 22.9 Å². The van der Waals surface area contributed by atoms with Gasteiger partial charge in [-0.2, -0.15) is 0 Å². The van der Waals surface area contributed by atoms with Crippen LogP contribution in [0.1, 0.15) is 45.6 Å².